The number of hydrogen-bond donors (Lipinski definition) is 1. The van der Waals surface area contributed by atoms with Crippen molar-refractivity contribution in [2.24, 2.45) is 0 Å². The Morgan fingerprint density at radius 3 is 2.57 bits per heavy atom. The molecule has 2 aliphatic heterocycles. The summed E-state index contributed by atoms with van der Waals surface area (Å²) in [5, 5.41) is 2.26. The molecule has 110 valence electrons. The van der Waals surface area contributed by atoms with Gasteiger partial charge < -0.3 is 4.74 Å². The maximum absolute atomic E-state index is 12.0. The van der Waals surface area contributed by atoms with Crippen LogP contribution in [0.4, 0.5) is 4.79 Å². The monoisotopic (exact) mass is 352 g/mol. The molecule has 2 unspecified atom stereocenters. The molecule has 21 heavy (non-hydrogen) atoms. The molecule has 0 spiro atoms. The summed E-state index contributed by atoms with van der Waals surface area (Å²) in [5.74, 6) is -0.729. The molecule has 2 aliphatic rings. The maximum Gasteiger partial charge on any atom is 0.411 e. The number of piperidine rings is 1. The van der Waals surface area contributed by atoms with Gasteiger partial charge >= 0.3 is 6.09 Å². The molecule has 3 rings (SSSR count). The van der Waals surface area contributed by atoms with Crippen LogP contribution in [0.2, 0.25) is 0 Å². The number of ether oxygens (including phenoxy) is 1. The van der Waals surface area contributed by atoms with Crippen molar-refractivity contribution in [1.82, 2.24) is 10.2 Å². The highest BCUT2D eigenvalue weighted by Crippen LogP contribution is 2.30. The van der Waals surface area contributed by atoms with Crippen molar-refractivity contribution in [2.45, 2.75) is 25.0 Å². The number of hydrogen-bond acceptors (Lipinski definition) is 4. The van der Waals surface area contributed by atoms with Crippen molar-refractivity contribution in [1.29, 1.82) is 0 Å². The van der Waals surface area contributed by atoms with E-state index in [9.17, 15) is 14.4 Å². The summed E-state index contributed by atoms with van der Waals surface area (Å²) in [6, 6.07) is 6.86. The average Bonchev–Trinajstić information content (AvgIpc) is 2.81. The highest BCUT2D eigenvalue weighted by molar-refractivity contribution is 9.10. The van der Waals surface area contributed by atoms with Crippen molar-refractivity contribution in [3.05, 3.63) is 34.3 Å². The van der Waals surface area contributed by atoms with Crippen LogP contribution in [0.25, 0.3) is 0 Å². The van der Waals surface area contributed by atoms with Gasteiger partial charge in [-0.25, -0.2) is 4.79 Å². The first-order chi connectivity index (χ1) is 10.0. The van der Waals surface area contributed by atoms with Crippen LogP contribution in [0.15, 0.2) is 28.7 Å². The lowest BCUT2D eigenvalue weighted by Crippen LogP contribution is -2.52. The summed E-state index contributed by atoms with van der Waals surface area (Å²) in [6.45, 7) is 0.312. The van der Waals surface area contributed by atoms with Crippen molar-refractivity contribution >= 4 is 33.8 Å². The number of halogens is 1. The fraction of sp³-hybridized carbons (Fsp3) is 0.357. The molecule has 3 amide bonds. The van der Waals surface area contributed by atoms with Gasteiger partial charge in [-0.1, -0.05) is 28.1 Å². The summed E-state index contributed by atoms with van der Waals surface area (Å²) in [4.78, 5) is 36.4. The zero-order valence-electron chi connectivity index (χ0n) is 11.0. The number of rotatable bonds is 2. The largest absolute Gasteiger partial charge is 0.439 e. The van der Waals surface area contributed by atoms with Crippen LogP contribution in [0.5, 0.6) is 0 Å². The van der Waals surface area contributed by atoms with Crippen LogP contribution >= 0.6 is 15.9 Å². The Kier molecular flexibility index (Phi) is 3.67. The maximum atomic E-state index is 12.0. The summed E-state index contributed by atoms with van der Waals surface area (Å²) in [6.07, 6.45) is -0.330. The fourth-order valence-electron chi connectivity index (χ4n) is 2.56. The predicted molar refractivity (Wildman–Crippen MR) is 76.2 cm³/mol. The first-order valence-electron chi connectivity index (χ1n) is 6.61. The SMILES string of the molecule is O=C1CCC(N2CC(c3ccc(Br)cc3)OC2=O)C(=O)N1. The average molecular weight is 353 g/mol. The number of nitrogens with zero attached hydrogens (tertiary/aromatic N) is 1. The van der Waals surface area contributed by atoms with Crippen LogP contribution in [0.3, 0.4) is 0 Å². The minimum atomic E-state index is -0.629. The minimum absolute atomic E-state index is 0.239. The molecule has 2 heterocycles. The zero-order chi connectivity index (χ0) is 15.0. The van der Waals surface area contributed by atoms with Gasteiger partial charge in [-0.15, -0.1) is 0 Å². The van der Waals surface area contributed by atoms with Crippen LogP contribution < -0.4 is 5.32 Å². The number of carbonyl (C=O) groups excluding carboxylic acids is 3. The van der Waals surface area contributed by atoms with E-state index in [0.717, 1.165) is 10.0 Å². The first kappa shape index (κ1) is 14.1. The van der Waals surface area contributed by atoms with Crippen molar-refractivity contribution in [3.63, 3.8) is 0 Å². The van der Waals surface area contributed by atoms with Gasteiger partial charge in [0.2, 0.25) is 11.8 Å². The summed E-state index contributed by atoms with van der Waals surface area (Å²) >= 11 is 3.35. The third-order valence-electron chi connectivity index (χ3n) is 3.67. The van der Waals surface area contributed by atoms with Crippen LogP contribution in [-0.2, 0) is 14.3 Å². The molecule has 1 N–H and O–H groups in total. The second-order valence-corrected chi connectivity index (χ2v) is 5.96. The second-order valence-electron chi connectivity index (χ2n) is 5.04. The quantitative estimate of drug-likeness (QED) is 0.822. The number of benzene rings is 1. The third kappa shape index (κ3) is 2.78. The molecule has 0 saturated carbocycles. The van der Waals surface area contributed by atoms with Crippen molar-refractivity contribution in [2.75, 3.05) is 6.54 Å². The van der Waals surface area contributed by atoms with Crippen molar-refractivity contribution < 1.29 is 19.1 Å². The predicted octanol–water partition coefficient (Wildman–Crippen LogP) is 1.75. The Morgan fingerprint density at radius 1 is 1.19 bits per heavy atom. The van der Waals surface area contributed by atoms with E-state index >= 15 is 0 Å². The molecule has 2 fully saturated rings. The molecule has 0 bridgehead atoms. The standard InChI is InChI=1S/C14H13BrN2O4/c15-9-3-1-8(2-4-9)11-7-17(14(20)21-11)10-5-6-12(18)16-13(10)19/h1-4,10-11H,5-7H2,(H,16,18,19). The first-order valence-corrected chi connectivity index (χ1v) is 7.40. The van der Waals surface area contributed by atoms with Crippen LogP contribution in [-0.4, -0.2) is 35.4 Å². The molecule has 2 atom stereocenters. The molecule has 7 heteroatoms. The molecular formula is C14H13BrN2O4. The molecule has 0 aliphatic carbocycles. The van der Waals surface area contributed by atoms with Gasteiger partial charge in [0, 0.05) is 10.9 Å². The minimum Gasteiger partial charge on any atom is -0.439 e. The van der Waals surface area contributed by atoms with Crippen LogP contribution in [0.1, 0.15) is 24.5 Å². The Labute approximate surface area is 129 Å². The number of amides is 3. The highest BCUT2D eigenvalue weighted by atomic mass is 79.9. The van der Waals surface area contributed by atoms with Gasteiger partial charge in [-0.2, -0.15) is 0 Å². The molecule has 0 radical (unpaired) electrons. The zero-order valence-corrected chi connectivity index (χ0v) is 12.6. The lowest BCUT2D eigenvalue weighted by atomic mass is 10.0. The highest BCUT2D eigenvalue weighted by Gasteiger charge is 2.41. The molecular weight excluding hydrogens is 340 g/mol. The van der Waals surface area contributed by atoms with Gasteiger partial charge in [0.15, 0.2) is 0 Å². The lowest BCUT2D eigenvalue weighted by Gasteiger charge is -2.27. The normalized spacial score (nSPS) is 25.8. The summed E-state index contributed by atoms with van der Waals surface area (Å²) < 4.78 is 6.28. The smallest absolute Gasteiger partial charge is 0.411 e. The van der Waals surface area contributed by atoms with E-state index in [4.69, 9.17) is 4.74 Å². The Balaban J connectivity index is 1.74. The Morgan fingerprint density at radius 2 is 1.90 bits per heavy atom. The lowest BCUT2D eigenvalue weighted by molar-refractivity contribution is -0.136. The van der Waals surface area contributed by atoms with Gasteiger partial charge in [-0.05, 0) is 24.1 Å². The third-order valence-corrected chi connectivity index (χ3v) is 4.20. The Bertz CT molecular complexity index is 601. The molecule has 6 nitrogen and oxygen atoms in total. The number of carbonyl (C=O) groups is 3. The van der Waals surface area contributed by atoms with E-state index in [1.165, 1.54) is 4.90 Å². The molecule has 0 aromatic heterocycles. The van der Waals surface area contributed by atoms with E-state index < -0.39 is 24.1 Å². The summed E-state index contributed by atoms with van der Waals surface area (Å²) in [7, 11) is 0. The van der Waals surface area contributed by atoms with Crippen molar-refractivity contribution in [3.8, 4) is 0 Å². The number of nitrogens with one attached hydrogen (secondary N) is 1. The fourth-order valence-corrected chi connectivity index (χ4v) is 2.83. The number of imide groups is 1. The second kappa shape index (κ2) is 5.48. The molecule has 2 saturated heterocycles. The van der Waals surface area contributed by atoms with E-state index in [1.54, 1.807) is 0 Å². The van der Waals surface area contributed by atoms with E-state index in [0.29, 0.717) is 13.0 Å². The Hall–Kier alpha value is -1.89. The molecule has 1 aromatic carbocycles. The van der Waals surface area contributed by atoms with Gasteiger partial charge in [0.1, 0.15) is 12.1 Å². The molecule has 1 aromatic rings. The summed E-state index contributed by atoms with van der Waals surface area (Å²) in [5.41, 5.74) is 0.876. The van der Waals surface area contributed by atoms with Gasteiger partial charge in [0.05, 0.1) is 6.54 Å². The van der Waals surface area contributed by atoms with Gasteiger partial charge in [-0.3, -0.25) is 19.8 Å². The topological polar surface area (TPSA) is 75.7 Å². The van der Waals surface area contributed by atoms with Crippen LogP contribution in [0, 0.1) is 0 Å². The van der Waals surface area contributed by atoms with Gasteiger partial charge in [0.25, 0.3) is 0 Å². The van der Waals surface area contributed by atoms with E-state index in [-0.39, 0.29) is 12.3 Å². The van der Waals surface area contributed by atoms with E-state index in [1.807, 2.05) is 24.3 Å². The van der Waals surface area contributed by atoms with E-state index in [2.05, 4.69) is 21.2 Å². The number of cyclic esters (lactones) is 1.